The van der Waals surface area contributed by atoms with Crippen molar-refractivity contribution in [2.75, 3.05) is 25.7 Å². The summed E-state index contributed by atoms with van der Waals surface area (Å²) < 4.78 is 64.9. The van der Waals surface area contributed by atoms with Crippen molar-refractivity contribution in [3.63, 3.8) is 0 Å². The van der Waals surface area contributed by atoms with Crippen molar-refractivity contribution in [3.05, 3.63) is 30.3 Å². The van der Waals surface area contributed by atoms with Crippen LogP contribution in [-0.2, 0) is 38.1 Å². The van der Waals surface area contributed by atoms with Gasteiger partial charge in [-0.25, -0.2) is 0 Å². The molecular formula is C22H36O8S2SeSi. The molecule has 0 saturated heterocycles. The second-order valence-corrected chi connectivity index (χ2v) is 23.0. The quantitative estimate of drug-likeness (QED) is 0.216. The Bertz CT molecular complexity index is 1040. The van der Waals surface area contributed by atoms with E-state index in [-0.39, 0.29) is 38.5 Å². The molecule has 0 N–H and O–H groups in total. The van der Waals surface area contributed by atoms with Gasteiger partial charge in [0.05, 0.1) is 0 Å². The van der Waals surface area contributed by atoms with Crippen molar-refractivity contribution in [2.24, 2.45) is 17.3 Å². The molecule has 1 saturated carbocycles. The summed E-state index contributed by atoms with van der Waals surface area (Å²) in [7, 11) is -9.62. The van der Waals surface area contributed by atoms with E-state index in [1.807, 2.05) is 30.3 Å². The van der Waals surface area contributed by atoms with Gasteiger partial charge in [0.1, 0.15) is 0 Å². The van der Waals surface area contributed by atoms with E-state index in [9.17, 15) is 21.6 Å². The Kier molecular flexibility index (Phi) is 8.94. The second-order valence-electron chi connectivity index (χ2n) is 10.9. The summed E-state index contributed by atoms with van der Waals surface area (Å²) in [4.78, 5) is 13.4. The molecule has 0 aromatic heterocycles. The summed E-state index contributed by atoms with van der Waals surface area (Å²) in [5.74, 6) is -1.56. The number of rotatable bonds is 11. The Morgan fingerprint density at radius 1 is 1.00 bits per heavy atom. The number of esters is 1. The molecule has 8 nitrogen and oxygen atoms in total. The molecule has 194 valence electrons. The van der Waals surface area contributed by atoms with Crippen LogP contribution in [-0.4, -0.2) is 77.2 Å². The summed E-state index contributed by atoms with van der Waals surface area (Å²) in [5.41, 5.74) is -1.89. The molecule has 2 rings (SSSR count). The zero-order valence-electron chi connectivity index (χ0n) is 21.0. The van der Waals surface area contributed by atoms with E-state index in [0.29, 0.717) is 0 Å². The third kappa shape index (κ3) is 8.43. The average molecular weight is 600 g/mol. The summed E-state index contributed by atoms with van der Waals surface area (Å²) >= 11 is -0.0470. The third-order valence-electron chi connectivity index (χ3n) is 5.46. The molecule has 1 aliphatic rings. The Hall–Kier alpha value is -0.754. The van der Waals surface area contributed by atoms with Crippen LogP contribution in [0.3, 0.4) is 0 Å². The molecule has 3 atom stereocenters. The molecule has 0 spiro atoms. The zero-order chi connectivity index (χ0) is 26.2. The Balaban J connectivity index is 2.57. The molecule has 1 aliphatic carbocycles. The van der Waals surface area contributed by atoms with E-state index < -0.39 is 51.2 Å². The van der Waals surface area contributed by atoms with Gasteiger partial charge in [-0.2, -0.15) is 0 Å². The van der Waals surface area contributed by atoms with E-state index >= 15 is 0 Å². The average Bonchev–Trinajstić information content (AvgIpc) is 3.29. The van der Waals surface area contributed by atoms with Crippen molar-refractivity contribution >= 4 is 53.7 Å². The van der Waals surface area contributed by atoms with Crippen molar-refractivity contribution in [3.8, 4) is 0 Å². The van der Waals surface area contributed by atoms with Gasteiger partial charge in [0.15, 0.2) is 0 Å². The van der Waals surface area contributed by atoms with Gasteiger partial charge in [-0.3, -0.25) is 0 Å². The standard InChI is InChI=1S/C22H36O8S2SeSi/c1-21(2,3)30-19(23)17-18(20(34(6,7)8)33-16-12-10-9-11-13-16)22(17,14-28-31(4,24)25)15-29-32(5,26)27/h9-13,17-18,20H,14-15H2,1-8H3/t17-,18+,20+/m0/s1. The molecule has 0 aliphatic heterocycles. The summed E-state index contributed by atoms with van der Waals surface area (Å²) in [6.07, 6.45) is 1.86. The van der Waals surface area contributed by atoms with Crippen LogP contribution in [0.15, 0.2) is 30.3 Å². The van der Waals surface area contributed by atoms with Gasteiger partial charge in [0, 0.05) is 0 Å². The molecule has 0 unspecified atom stereocenters. The van der Waals surface area contributed by atoms with Gasteiger partial charge in [-0.15, -0.1) is 0 Å². The van der Waals surface area contributed by atoms with E-state index in [1.165, 1.54) is 0 Å². The van der Waals surface area contributed by atoms with Crippen LogP contribution in [0.2, 0.25) is 24.1 Å². The first-order valence-electron chi connectivity index (χ1n) is 10.9. The van der Waals surface area contributed by atoms with Gasteiger partial charge >= 0.3 is 212 Å². The van der Waals surface area contributed by atoms with E-state index in [0.717, 1.165) is 17.0 Å². The molecule has 0 bridgehead atoms. The molecular weight excluding hydrogens is 563 g/mol. The fraction of sp³-hybridized carbons (Fsp3) is 0.682. The number of hydrogen-bond donors (Lipinski definition) is 0. The molecule has 0 radical (unpaired) electrons. The number of carbonyl (C=O) groups excluding carboxylic acids is 1. The van der Waals surface area contributed by atoms with E-state index in [2.05, 4.69) is 19.6 Å². The van der Waals surface area contributed by atoms with Gasteiger partial charge in [0.2, 0.25) is 0 Å². The molecule has 1 fully saturated rings. The zero-order valence-corrected chi connectivity index (χ0v) is 25.4. The minimum absolute atomic E-state index is 0.0470. The molecule has 1 aromatic carbocycles. The topological polar surface area (TPSA) is 113 Å². The van der Waals surface area contributed by atoms with Crippen LogP contribution >= 0.6 is 0 Å². The fourth-order valence-corrected chi connectivity index (χ4v) is 12.3. The normalized spacial score (nSPS) is 21.6. The first-order valence-corrected chi connectivity index (χ1v) is 19.9. The van der Waals surface area contributed by atoms with Gasteiger partial charge in [-0.05, 0) is 0 Å². The molecule has 12 heteroatoms. The van der Waals surface area contributed by atoms with Crippen molar-refractivity contribution < 1.29 is 34.7 Å². The van der Waals surface area contributed by atoms with Gasteiger partial charge < -0.3 is 0 Å². The molecule has 1 aromatic rings. The summed E-state index contributed by atoms with van der Waals surface area (Å²) in [6, 6.07) is 9.94. The number of hydrogen-bond acceptors (Lipinski definition) is 8. The van der Waals surface area contributed by atoms with Crippen LogP contribution in [0.1, 0.15) is 20.8 Å². The maximum absolute atomic E-state index is 13.4. The number of benzene rings is 1. The van der Waals surface area contributed by atoms with Gasteiger partial charge in [0.25, 0.3) is 0 Å². The molecule has 34 heavy (non-hydrogen) atoms. The Morgan fingerprint density at radius 2 is 1.47 bits per heavy atom. The molecule has 0 heterocycles. The monoisotopic (exact) mass is 600 g/mol. The van der Waals surface area contributed by atoms with Crippen LogP contribution in [0.4, 0.5) is 0 Å². The van der Waals surface area contributed by atoms with E-state index in [4.69, 9.17) is 13.1 Å². The SMILES string of the molecule is CC(C)(C)OC(=O)[C@@H]1[C@H]([C@H]([Se]c2ccccc2)[Si](C)(C)C)C1(COS(C)(=O)=O)COS(C)(=O)=O. The first-order chi connectivity index (χ1) is 15.3. The van der Waals surface area contributed by atoms with Crippen molar-refractivity contribution in [1.29, 1.82) is 0 Å². The van der Waals surface area contributed by atoms with Crippen molar-refractivity contribution in [1.82, 2.24) is 0 Å². The van der Waals surface area contributed by atoms with Crippen LogP contribution < -0.4 is 4.46 Å². The van der Waals surface area contributed by atoms with Crippen LogP contribution in [0.25, 0.3) is 0 Å². The van der Waals surface area contributed by atoms with E-state index in [1.54, 1.807) is 20.8 Å². The summed E-state index contributed by atoms with van der Waals surface area (Å²) in [5, 5.41) is 0. The maximum atomic E-state index is 13.4. The minimum atomic E-state index is -3.84. The third-order valence-corrected chi connectivity index (χ3v) is 16.0. The van der Waals surface area contributed by atoms with Crippen molar-refractivity contribution in [2.45, 2.75) is 50.5 Å². The van der Waals surface area contributed by atoms with Gasteiger partial charge in [-0.1, -0.05) is 0 Å². The number of carbonyl (C=O) groups is 1. The fourth-order valence-electron chi connectivity index (χ4n) is 4.03. The Morgan fingerprint density at radius 3 is 1.85 bits per heavy atom. The van der Waals surface area contributed by atoms with Crippen LogP contribution in [0.5, 0.6) is 0 Å². The summed E-state index contributed by atoms with van der Waals surface area (Å²) in [6.45, 7) is 11.2. The molecule has 0 amide bonds. The predicted molar refractivity (Wildman–Crippen MR) is 136 cm³/mol. The second kappa shape index (κ2) is 10.3. The first kappa shape index (κ1) is 29.5. The Labute approximate surface area is 211 Å². The van der Waals surface area contributed by atoms with Crippen LogP contribution in [0, 0.1) is 17.3 Å². The predicted octanol–water partition coefficient (Wildman–Crippen LogP) is 2.21. The number of ether oxygens (including phenoxy) is 1.